The Hall–Kier alpha value is -1.99. The van der Waals surface area contributed by atoms with Crippen molar-refractivity contribution in [3.8, 4) is 0 Å². The minimum absolute atomic E-state index is 0.202. The maximum Gasteiger partial charge on any atom is 0.235 e. The SMILES string of the molecule is O=C1CCC(c2ccc(N3CCC4(CC3)OCCO4)cn2)C(=O)N1. The van der Waals surface area contributed by atoms with Crippen LogP contribution in [0.2, 0.25) is 0 Å². The van der Waals surface area contributed by atoms with Crippen molar-refractivity contribution >= 4 is 17.5 Å². The molecule has 4 heterocycles. The van der Waals surface area contributed by atoms with E-state index in [0.717, 1.165) is 37.3 Å². The number of hydrogen-bond donors (Lipinski definition) is 1. The molecule has 1 N–H and O–H groups in total. The minimum atomic E-state index is -0.378. The average Bonchev–Trinajstić information content (AvgIpc) is 3.04. The van der Waals surface area contributed by atoms with Crippen LogP contribution in [0.1, 0.15) is 37.3 Å². The van der Waals surface area contributed by atoms with Crippen molar-refractivity contribution in [2.24, 2.45) is 0 Å². The molecule has 3 aliphatic rings. The van der Waals surface area contributed by atoms with Crippen molar-refractivity contribution in [3.05, 3.63) is 24.0 Å². The van der Waals surface area contributed by atoms with E-state index in [4.69, 9.17) is 9.47 Å². The molecule has 0 aliphatic carbocycles. The number of hydrogen-bond acceptors (Lipinski definition) is 6. The largest absolute Gasteiger partial charge is 0.370 e. The molecule has 4 rings (SSSR count). The monoisotopic (exact) mass is 331 g/mol. The fourth-order valence-electron chi connectivity index (χ4n) is 3.66. The third-order valence-electron chi connectivity index (χ3n) is 5.07. The number of nitrogens with zero attached hydrogens (tertiary/aromatic N) is 2. The van der Waals surface area contributed by atoms with Crippen LogP contribution in [-0.2, 0) is 19.1 Å². The summed E-state index contributed by atoms with van der Waals surface area (Å²) in [6, 6.07) is 3.89. The van der Waals surface area contributed by atoms with Crippen molar-refractivity contribution in [1.29, 1.82) is 0 Å². The first-order valence-electron chi connectivity index (χ1n) is 8.48. The number of ether oxygens (including phenoxy) is 2. The molecule has 0 aromatic carbocycles. The molecule has 7 heteroatoms. The van der Waals surface area contributed by atoms with Crippen LogP contribution in [0.3, 0.4) is 0 Å². The van der Waals surface area contributed by atoms with Crippen LogP contribution in [-0.4, -0.2) is 48.9 Å². The van der Waals surface area contributed by atoms with Gasteiger partial charge >= 0.3 is 0 Å². The topological polar surface area (TPSA) is 80.8 Å². The molecule has 0 radical (unpaired) electrons. The number of amides is 2. The summed E-state index contributed by atoms with van der Waals surface area (Å²) in [7, 11) is 0. The number of imide groups is 1. The molecule has 1 aromatic rings. The summed E-state index contributed by atoms with van der Waals surface area (Å²) >= 11 is 0. The molecule has 0 saturated carbocycles. The van der Waals surface area contributed by atoms with Crippen molar-refractivity contribution in [2.45, 2.75) is 37.4 Å². The van der Waals surface area contributed by atoms with Gasteiger partial charge in [0.25, 0.3) is 0 Å². The lowest BCUT2D eigenvalue weighted by Gasteiger charge is -2.38. The number of nitrogens with one attached hydrogen (secondary N) is 1. The van der Waals surface area contributed by atoms with Crippen molar-refractivity contribution < 1.29 is 19.1 Å². The van der Waals surface area contributed by atoms with Crippen LogP contribution in [0.4, 0.5) is 5.69 Å². The van der Waals surface area contributed by atoms with Crippen LogP contribution >= 0.6 is 0 Å². The van der Waals surface area contributed by atoms with Crippen LogP contribution in [0.5, 0.6) is 0 Å². The molecule has 3 aliphatic heterocycles. The summed E-state index contributed by atoms with van der Waals surface area (Å²) in [5.41, 5.74) is 1.76. The van der Waals surface area contributed by atoms with E-state index in [1.807, 2.05) is 18.3 Å². The average molecular weight is 331 g/mol. The fourth-order valence-corrected chi connectivity index (χ4v) is 3.66. The number of pyridine rings is 1. The highest BCUT2D eigenvalue weighted by Gasteiger charge is 2.39. The molecule has 1 unspecified atom stereocenters. The zero-order valence-electron chi connectivity index (χ0n) is 13.5. The summed E-state index contributed by atoms with van der Waals surface area (Å²) in [6.07, 6.45) is 4.41. The second-order valence-corrected chi connectivity index (χ2v) is 6.54. The standard InChI is InChI=1S/C17H21N3O4/c21-15-4-2-13(16(22)19-15)14-3-1-12(11-18-14)20-7-5-17(6-8-20)23-9-10-24-17/h1,3,11,13H,2,4-10H2,(H,19,21,22). The Morgan fingerprint density at radius 1 is 1.17 bits per heavy atom. The van der Waals surface area contributed by atoms with Crippen molar-refractivity contribution in [1.82, 2.24) is 10.3 Å². The van der Waals surface area contributed by atoms with Crippen LogP contribution in [0, 0.1) is 0 Å². The number of rotatable bonds is 2. The molecule has 2 amide bonds. The second-order valence-electron chi connectivity index (χ2n) is 6.54. The Balaban J connectivity index is 1.41. The smallest absolute Gasteiger partial charge is 0.235 e. The number of aromatic nitrogens is 1. The van der Waals surface area contributed by atoms with Crippen LogP contribution < -0.4 is 10.2 Å². The van der Waals surface area contributed by atoms with Crippen LogP contribution in [0.15, 0.2) is 18.3 Å². The first-order valence-corrected chi connectivity index (χ1v) is 8.48. The molecule has 3 saturated heterocycles. The lowest BCUT2D eigenvalue weighted by atomic mass is 9.94. The van der Waals surface area contributed by atoms with Gasteiger partial charge in [0.15, 0.2) is 5.79 Å². The summed E-state index contributed by atoms with van der Waals surface area (Å²) < 4.78 is 11.5. The van der Waals surface area contributed by atoms with E-state index in [-0.39, 0.29) is 23.5 Å². The Kier molecular flexibility index (Phi) is 3.97. The van der Waals surface area contributed by atoms with Gasteiger partial charge in [-0.15, -0.1) is 0 Å². The van der Waals surface area contributed by atoms with E-state index >= 15 is 0 Å². The molecule has 128 valence electrons. The fraction of sp³-hybridized carbons (Fsp3) is 0.588. The Bertz CT molecular complexity index is 630. The van der Waals surface area contributed by atoms with E-state index in [9.17, 15) is 9.59 Å². The Morgan fingerprint density at radius 2 is 1.92 bits per heavy atom. The van der Waals surface area contributed by atoms with E-state index in [1.54, 1.807) is 0 Å². The number of carbonyl (C=O) groups is 2. The highest BCUT2D eigenvalue weighted by Crippen LogP contribution is 2.33. The summed E-state index contributed by atoms with van der Waals surface area (Å²) in [6.45, 7) is 3.09. The molecule has 1 spiro atoms. The van der Waals surface area contributed by atoms with Crippen molar-refractivity contribution in [3.63, 3.8) is 0 Å². The first kappa shape index (κ1) is 15.5. The molecule has 3 fully saturated rings. The number of anilines is 1. The first-order chi connectivity index (χ1) is 11.7. The molecule has 7 nitrogen and oxygen atoms in total. The molecule has 24 heavy (non-hydrogen) atoms. The van der Waals surface area contributed by atoms with Gasteiger partial charge in [0.1, 0.15) is 0 Å². The normalized spacial score (nSPS) is 26.7. The number of carbonyl (C=O) groups excluding carboxylic acids is 2. The van der Waals surface area contributed by atoms with Gasteiger partial charge in [-0.05, 0) is 18.6 Å². The van der Waals surface area contributed by atoms with E-state index in [0.29, 0.717) is 26.1 Å². The van der Waals surface area contributed by atoms with Gasteiger partial charge in [-0.2, -0.15) is 0 Å². The van der Waals surface area contributed by atoms with Gasteiger partial charge in [-0.3, -0.25) is 19.9 Å². The van der Waals surface area contributed by atoms with E-state index in [1.165, 1.54) is 0 Å². The highest BCUT2D eigenvalue weighted by molar-refractivity contribution is 6.00. The lowest BCUT2D eigenvalue weighted by molar-refractivity contribution is -0.169. The molecule has 1 aromatic heterocycles. The highest BCUT2D eigenvalue weighted by atomic mass is 16.7. The molecular weight excluding hydrogens is 310 g/mol. The predicted molar refractivity (Wildman–Crippen MR) is 85.4 cm³/mol. The maximum atomic E-state index is 11.9. The molecule has 1 atom stereocenters. The summed E-state index contributed by atoms with van der Waals surface area (Å²) in [5, 5.41) is 2.38. The van der Waals surface area contributed by atoms with E-state index in [2.05, 4.69) is 15.2 Å². The second kappa shape index (κ2) is 6.14. The van der Waals surface area contributed by atoms with Gasteiger partial charge in [0.2, 0.25) is 11.8 Å². The summed E-state index contributed by atoms with van der Waals surface area (Å²) in [5.74, 6) is -1.16. The zero-order chi connectivity index (χ0) is 16.6. The Labute approximate surface area is 140 Å². The predicted octanol–water partition coefficient (Wildman–Crippen LogP) is 0.945. The third kappa shape index (κ3) is 2.89. The van der Waals surface area contributed by atoms with Gasteiger partial charge in [-0.1, -0.05) is 0 Å². The third-order valence-corrected chi connectivity index (χ3v) is 5.07. The molecular formula is C17H21N3O4. The van der Waals surface area contributed by atoms with Gasteiger partial charge in [-0.25, -0.2) is 0 Å². The lowest BCUT2D eigenvalue weighted by Crippen LogP contribution is -2.45. The summed E-state index contributed by atoms with van der Waals surface area (Å²) in [4.78, 5) is 29.9. The number of piperidine rings is 2. The maximum absolute atomic E-state index is 11.9. The van der Waals surface area contributed by atoms with Crippen LogP contribution in [0.25, 0.3) is 0 Å². The van der Waals surface area contributed by atoms with Crippen molar-refractivity contribution in [2.75, 3.05) is 31.2 Å². The zero-order valence-corrected chi connectivity index (χ0v) is 13.5. The quantitative estimate of drug-likeness (QED) is 0.813. The van der Waals surface area contributed by atoms with E-state index < -0.39 is 0 Å². The van der Waals surface area contributed by atoms with Gasteiger partial charge < -0.3 is 14.4 Å². The molecule has 0 bridgehead atoms. The van der Waals surface area contributed by atoms with Gasteiger partial charge in [0.05, 0.1) is 36.7 Å². The van der Waals surface area contributed by atoms with Gasteiger partial charge in [0, 0.05) is 32.4 Å². The Morgan fingerprint density at radius 3 is 2.54 bits per heavy atom. The minimum Gasteiger partial charge on any atom is -0.370 e.